The predicted molar refractivity (Wildman–Crippen MR) is 75.9 cm³/mol. The van der Waals surface area contributed by atoms with Gasteiger partial charge in [-0.15, -0.1) is 11.3 Å². The van der Waals surface area contributed by atoms with Crippen LogP contribution in [-0.4, -0.2) is 24.2 Å². The van der Waals surface area contributed by atoms with Crippen molar-refractivity contribution in [2.45, 2.75) is 39.2 Å². The number of unbranched alkanes of at least 4 members (excludes halogenated alkanes) is 3. The van der Waals surface area contributed by atoms with Gasteiger partial charge in [-0.05, 0) is 30.8 Å². The number of aliphatic hydroxyl groups is 1. The van der Waals surface area contributed by atoms with Gasteiger partial charge in [-0.3, -0.25) is 4.79 Å². The number of rotatable bonds is 9. The molecule has 0 unspecified atom stereocenters. The van der Waals surface area contributed by atoms with Gasteiger partial charge in [-0.25, -0.2) is 0 Å². The average Bonchev–Trinajstić information content (AvgIpc) is 2.75. The normalized spacial score (nSPS) is 10.6. The van der Waals surface area contributed by atoms with E-state index in [-0.39, 0.29) is 5.91 Å². The van der Waals surface area contributed by atoms with Crippen molar-refractivity contribution in [2.24, 2.45) is 0 Å². The van der Waals surface area contributed by atoms with Crippen molar-refractivity contribution >= 4 is 22.9 Å². The van der Waals surface area contributed by atoms with E-state index in [1.807, 2.05) is 11.4 Å². The van der Waals surface area contributed by atoms with Crippen molar-refractivity contribution in [2.75, 3.05) is 18.5 Å². The molecule has 1 amide bonds. The van der Waals surface area contributed by atoms with Crippen LogP contribution in [0.4, 0.5) is 5.69 Å². The van der Waals surface area contributed by atoms with E-state index in [0.29, 0.717) is 6.61 Å². The summed E-state index contributed by atoms with van der Waals surface area (Å²) < 4.78 is 0. The van der Waals surface area contributed by atoms with E-state index in [1.54, 1.807) is 11.3 Å². The highest BCUT2D eigenvalue weighted by Crippen LogP contribution is 2.21. The van der Waals surface area contributed by atoms with E-state index in [9.17, 15) is 4.79 Å². The number of thiophene rings is 1. The number of anilines is 1. The third-order valence-corrected chi connectivity index (χ3v) is 3.52. The van der Waals surface area contributed by atoms with Crippen LogP contribution in [0, 0.1) is 0 Å². The minimum absolute atomic E-state index is 0.0290. The highest BCUT2D eigenvalue weighted by Gasteiger charge is 2.04. The number of nitrogens with one attached hydrogen (secondary N) is 2. The molecule has 0 atom stereocenters. The molecule has 0 saturated carbocycles. The van der Waals surface area contributed by atoms with Crippen molar-refractivity contribution in [3.05, 3.63) is 16.3 Å². The van der Waals surface area contributed by atoms with Gasteiger partial charge in [-0.2, -0.15) is 0 Å². The fourth-order valence-electron chi connectivity index (χ4n) is 1.70. The van der Waals surface area contributed by atoms with E-state index in [2.05, 4.69) is 10.6 Å². The fraction of sp³-hybridized carbons (Fsp3) is 0.615. The molecule has 0 aliphatic carbocycles. The second-order valence-corrected chi connectivity index (χ2v) is 5.25. The molecule has 0 saturated heterocycles. The molecule has 5 heteroatoms. The van der Waals surface area contributed by atoms with Crippen LogP contribution < -0.4 is 10.6 Å². The van der Waals surface area contributed by atoms with Crippen molar-refractivity contribution in [3.8, 4) is 0 Å². The molecule has 1 rings (SSSR count). The van der Waals surface area contributed by atoms with Crippen LogP contribution in [0.5, 0.6) is 0 Å². The second-order valence-electron chi connectivity index (χ2n) is 4.25. The van der Waals surface area contributed by atoms with Gasteiger partial charge in [0.1, 0.15) is 0 Å². The zero-order valence-electron chi connectivity index (χ0n) is 10.9. The number of amides is 1. The Morgan fingerprint density at radius 2 is 2.11 bits per heavy atom. The lowest BCUT2D eigenvalue weighted by molar-refractivity contribution is -0.114. The Balaban J connectivity index is 2.15. The molecule has 0 aromatic carbocycles. The van der Waals surface area contributed by atoms with Crippen LogP contribution in [-0.2, 0) is 11.3 Å². The molecule has 0 fully saturated rings. The molecule has 0 aliphatic heterocycles. The van der Waals surface area contributed by atoms with Crippen molar-refractivity contribution in [3.63, 3.8) is 0 Å². The molecule has 1 aromatic rings. The molecule has 0 spiro atoms. The van der Waals surface area contributed by atoms with Crippen LogP contribution in [0.3, 0.4) is 0 Å². The van der Waals surface area contributed by atoms with Crippen LogP contribution in [0.15, 0.2) is 11.4 Å². The van der Waals surface area contributed by atoms with E-state index < -0.39 is 0 Å². The first-order valence-corrected chi connectivity index (χ1v) is 7.27. The summed E-state index contributed by atoms with van der Waals surface area (Å²) in [6.45, 7) is 3.59. The molecule has 1 aromatic heterocycles. The van der Waals surface area contributed by atoms with Gasteiger partial charge in [0, 0.05) is 25.0 Å². The zero-order chi connectivity index (χ0) is 13.2. The molecule has 1 heterocycles. The maximum absolute atomic E-state index is 11.0. The molecular weight excluding hydrogens is 248 g/mol. The van der Waals surface area contributed by atoms with Crippen LogP contribution >= 0.6 is 11.3 Å². The Bertz CT molecular complexity index is 353. The monoisotopic (exact) mass is 270 g/mol. The standard InChI is InChI=1S/C13H22N2O2S/c1-11(17)15-12-6-9-18-13(12)10-14-7-4-2-3-5-8-16/h6,9,14,16H,2-5,7-8,10H2,1H3,(H,15,17). The van der Waals surface area contributed by atoms with E-state index >= 15 is 0 Å². The molecule has 18 heavy (non-hydrogen) atoms. The Hall–Kier alpha value is -0.910. The summed E-state index contributed by atoms with van der Waals surface area (Å²) >= 11 is 1.65. The van der Waals surface area contributed by atoms with Gasteiger partial charge in [-0.1, -0.05) is 12.8 Å². The van der Waals surface area contributed by atoms with Gasteiger partial charge >= 0.3 is 0 Å². The topological polar surface area (TPSA) is 61.4 Å². The summed E-state index contributed by atoms with van der Waals surface area (Å²) in [5.41, 5.74) is 0.917. The van der Waals surface area contributed by atoms with Gasteiger partial charge < -0.3 is 15.7 Å². The fourth-order valence-corrected chi connectivity index (χ4v) is 2.50. The van der Waals surface area contributed by atoms with Gasteiger partial charge in [0.05, 0.1) is 5.69 Å². The van der Waals surface area contributed by atoms with E-state index in [1.165, 1.54) is 11.8 Å². The number of carbonyl (C=O) groups excluding carboxylic acids is 1. The lowest BCUT2D eigenvalue weighted by Gasteiger charge is -2.06. The van der Waals surface area contributed by atoms with Crippen molar-refractivity contribution < 1.29 is 9.90 Å². The first kappa shape index (κ1) is 15.1. The first-order chi connectivity index (χ1) is 8.74. The summed E-state index contributed by atoms with van der Waals surface area (Å²) in [6.07, 6.45) is 4.27. The highest BCUT2D eigenvalue weighted by atomic mass is 32.1. The summed E-state index contributed by atoms with van der Waals surface area (Å²) in [5.74, 6) is -0.0290. The quantitative estimate of drug-likeness (QED) is 0.604. The van der Waals surface area contributed by atoms with Crippen LogP contribution in [0.25, 0.3) is 0 Å². The Kier molecular flexibility index (Phi) is 7.64. The van der Waals surface area contributed by atoms with E-state index in [4.69, 9.17) is 5.11 Å². The third kappa shape index (κ3) is 6.14. The molecule has 102 valence electrons. The van der Waals surface area contributed by atoms with Gasteiger partial charge in [0.25, 0.3) is 0 Å². The Morgan fingerprint density at radius 1 is 1.33 bits per heavy atom. The minimum Gasteiger partial charge on any atom is -0.396 e. The summed E-state index contributed by atoms with van der Waals surface area (Å²) in [6, 6.07) is 1.93. The maximum Gasteiger partial charge on any atom is 0.221 e. The molecule has 0 radical (unpaired) electrons. The number of aliphatic hydroxyl groups excluding tert-OH is 1. The number of hydrogen-bond acceptors (Lipinski definition) is 4. The molecule has 3 N–H and O–H groups in total. The Labute approximate surface area is 112 Å². The van der Waals surface area contributed by atoms with Crippen LogP contribution in [0.2, 0.25) is 0 Å². The summed E-state index contributed by atoms with van der Waals surface area (Å²) in [5, 5.41) is 16.8. The Morgan fingerprint density at radius 3 is 2.83 bits per heavy atom. The van der Waals surface area contributed by atoms with Crippen molar-refractivity contribution in [1.82, 2.24) is 5.32 Å². The number of carbonyl (C=O) groups is 1. The predicted octanol–water partition coefficient (Wildman–Crippen LogP) is 2.35. The SMILES string of the molecule is CC(=O)Nc1ccsc1CNCCCCCCO. The lowest BCUT2D eigenvalue weighted by atomic mass is 10.2. The molecule has 0 bridgehead atoms. The summed E-state index contributed by atoms with van der Waals surface area (Å²) in [4.78, 5) is 12.2. The van der Waals surface area contributed by atoms with E-state index in [0.717, 1.165) is 44.5 Å². The van der Waals surface area contributed by atoms with Gasteiger partial charge in [0.2, 0.25) is 5.91 Å². The van der Waals surface area contributed by atoms with Gasteiger partial charge in [0.15, 0.2) is 0 Å². The minimum atomic E-state index is -0.0290. The average molecular weight is 270 g/mol. The molecule has 4 nitrogen and oxygen atoms in total. The molecular formula is C13H22N2O2S. The maximum atomic E-state index is 11.0. The third-order valence-electron chi connectivity index (χ3n) is 2.60. The summed E-state index contributed by atoms with van der Waals surface area (Å²) in [7, 11) is 0. The smallest absolute Gasteiger partial charge is 0.221 e. The second kappa shape index (κ2) is 9.08. The first-order valence-electron chi connectivity index (χ1n) is 6.39. The van der Waals surface area contributed by atoms with Crippen LogP contribution in [0.1, 0.15) is 37.5 Å². The highest BCUT2D eigenvalue weighted by molar-refractivity contribution is 7.10. The zero-order valence-corrected chi connectivity index (χ0v) is 11.7. The van der Waals surface area contributed by atoms with Crippen molar-refractivity contribution in [1.29, 1.82) is 0 Å². The molecule has 0 aliphatic rings. The lowest BCUT2D eigenvalue weighted by Crippen LogP contribution is -2.15. The largest absolute Gasteiger partial charge is 0.396 e. The number of hydrogen-bond donors (Lipinski definition) is 3.